The fraction of sp³-hybridized carbons (Fsp3) is 0.200. The number of methoxy groups -OCH3 is 2. The van der Waals surface area contributed by atoms with E-state index in [4.69, 9.17) is 14.9 Å². The molecule has 6 nitrogen and oxygen atoms in total. The van der Waals surface area contributed by atoms with E-state index >= 15 is 0 Å². The summed E-state index contributed by atoms with van der Waals surface area (Å²) >= 11 is 0. The fourth-order valence-electron chi connectivity index (χ4n) is 1.41. The van der Waals surface area contributed by atoms with Gasteiger partial charge in [0.15, 0.2) is 5.75 Å². The number of nitrogens with zero attached hydrogens (tertiary/aromatic N) is 1. The molecule has 0 radical (unpaired) electrons. The van der Waals surface area contributed by atoms with Crippen LogP contribution in [0.4, 0.5) is 5.69 Å². The van der Waals surface area contributed by atoms with Gasteiger partial charge >= 0.3 is 5.97 Å². The van der Waals surface area contributed by atoms with Crippen LogP contribution in [-0.2, 0) is 4.74 Å². The van der Waals surface area contributed by atoms with Gasteiger partial charge < -0.3 is 19.6 Å². The first-order valence-corrected chi connectivity index (χ1v) is 4.47. The highest BCUT2D eigenvalue weighted by atomic mass is 16.5. The van der Waals surface area contributed by atoms with Crippen molar-refractivity contribution in [2.24, 2.45) is 0 Å². The van der Waals surface area contributed by atoms with Gasteiger partial charge in [0.25, 0.3) is 0 Å². The third kappa shape index (κ3) is 1.44. The van der Waals surface area contributed by atoms with Gasteiger partial charge in [-0.2, -0.15) is 0 Å². The lowest BCUT2D eigenvalue weighted by Crippen LogP contribution is -1.98. The molecule has 2 aromatic heterocycles. The number of pyridine rings is 1. The van der Waals surface area contributed by atoms with Crippen LogP contribution in [-0.4, -0.2) is 25.2 Å². The number of aromatic nitrogens is 1. The summed E-state index contributed by atoms with van der Waals surface area (Å²) in [4.78, 5) is 15.2. The number of esters is 1. The number of fused-ring (bicyclic) bond motifs is 1. The predicted octanol–water partition coefficient (Wildman–Crippen LogP) is 1.21. The first-order valence-electron chi connectivity index (χ1n) is 4.47. The van der Waals surface area contributed by atoms with Gasteiger partial charge in [-0.3, -0.25) is 0 Å². The Morgan fingerprint density at radius 2 is 2.25 bits per heavy atom. The average molecular weight is 222 g/mol. The third-order valence-corrected chi connectivity index (χ3v) is 2.13. The fourth-order valence-corrected chi connectivity index (χ4v) is 1.41. The summed E-state index contributed by atoms with van der Waals surface area (Å²) in [5, 5.41) is 0.544. The standard InChI is InChI=1S/C10H10N2O4/c1-14-8-5-3-7(10(13)15-2)16-9(5)12-4-6(8)11/h3-4H,11H2,1-2H3. The minimum Gasteiger partial charge on any atom is -0.494 e. The van der Waals surface area contributed by atoms with Crippen molar-refractivity contribution in [2.45, 2.75) is 0 Å². The second kappa shape index (κ2) is 3.73. The lowest BCUT2D eigenvalue weighted by molar-refractivity contribution is 0.0567. The normalized spacial score (nSPS) is 10.4. The van der Waals surface area contributed by atoms with Crippen LogP contribution in [0, 0.1) is 0 Å². The molecule has 0 unspecified atom stereocenters. The quantitative estimate of drug-likeness (QED) is 0.768. The molecule has 0 aliphatic heterocycles. The minimum absolute atomic E-state index is 0.0638. The number of ether oxygens (including phenoxy) is 2. The number of anilines is 1. The Hall–Kier alpha value is -2.24. The van der Waals surface area contributed by atoms with E-state index in [1.54, 1.807) is 0 Å². The molecule has 0 aromatic carbocycles. The van der Waals surface area contributed by atoms with Crippen LogP contribution in [0.15, 0.2) is 16.7 Å². The van der Waals surface area contributed by atoms with Crippen LogP contribution in [0.3, 0.4) is 0 Å². The molecule has 0 fully saturated rings. The van der Waals surface area contributed by atoms with Gasteiger partial charge in [0.1, 0.15) is 0 Å². The molecule has 2 heterocycles. The molecule has 6 heteroatoms. The highest BCUT2D eigenvalue weighted by molar-refractivity contribution is 5.95. The van der Waals surface area contributed by atoms with E-state index in [-0.39, 0.29) is 11.5 Å². The topological polar surface area (TPSA) is 87.6 Å². The largest absolute Gasteiger partial charge is 0.494 e. The Labute approximate surface area is 91.0 Å². The van der Waals surface area contributed by atoms with Gasteiger partial charge in [-0.25, -0.2) is 9.78 Å². The first-order chi connectivity index (χ1) is 7.67. The molecule has 2 rings (SSSR count). The zero-order chi connectivity index (χ0) is 11.7. The Bertz CT molecular complexity index is 547. The van der Waals surface area contributed by atoms with E-state index in [1.807, 2.05) is 0 Å². The monoisotopic (exact) mass is 222 g/mol. The van der Waals surface area contributed by atoms with Crippen molar-refractivity contribution in [1.82, 2.24) is 4.98 Å². The van der Waals surface area contributed by atoms with Crippen molar-refractivity contribution >= 4 is 22.8 Å². The van der Waals surface area contributed by atoms with Crippen molar-refractivity contribution in [1.29, 1.82) is 0 Å². The highest BCUT2D eigenvalue weighted by Crippen LogP contribution is 2.32. The molecule has 2 aromatic rings. The SMILES string of the molecule is COC(=O)c1cc2c(OC)c(N)cnc2o1. The number of nitrogen functional groups attached to an aromatic ring is 1. The molecule has 0 saturated heterocycles. The first kappa shape index (κ1) is 10.3. The summed E-state index contributed by atoms with van der Waals surface area (Å²) in [6, 6.07) is 1.49. The number of carbonyl (C=O) groups is 1. The summed E-state index contributed by atoms with van der Waals surface area (Å²) in [7, 11) is 2.75. The van der Waals surface area contributed by atoms with Gasteiger partial charge in [0, 0.05) is 6.07 Å². The van der Waals surface area contributed by atoms with Crippen molar-refractivity contribution in [2.75, 3.05) is 20.0 Å². The van der Waals surface area contributed by atoms with E-state index in [2.05, 4.69) is 9.72 Å². The van der Waals surface area contributed by atoms with Gasteiger partial charge in [0.2, 0.25) is 11.5 Å². The molecule has 0 aliphatic carbocycles. The molecule has 2 N–H and O–H groups in total. The van der Waals surface area contributed by atoms with Crippen LogP contribution in [0.5, 0.6) is 5.75 Å². The summed E-state index contributed by atoms with van der Waals surface area (Å²) in [5.74, 6) is -0.0728. The molecule has 0 spiro atoms. The van der Waals surface area contributed by atoms with E-state index in [0.717, 1.165) is 0 Å². The smallest absolute Gasteiger partial charge is 0.374 e. The number of rotatable bonds is 2. The van der Waals surface area contributed by atoms with Crippen LogP contribution < -0.4 is 10.5 Å². The maximum atomic E-state index is 11.3. The van der Waals surface area contributed by atoms with Crippen molar-refractivity contribution in [3.8, 4) is 5.75 Å². The van der Waals surface area contributed by atoms with Gasteiger partial charge in [-0.05, 0) is 0 Å². The van der Waals surface area contributed by atoms with E-state index in [9.17, 15) is 4.79 Å². The van der Waals surface area contributed by atoms with Crippen molar-refractivity contribution in [3.05, 3.63) is 18.0 Å². The second-order valence-electron chi connectivity index (χ2n) is 3.07. The van der Waals surface area contributed by atoms with E-state index in [1.165, 1.54) is 26.5 Å². The molecule has 0 atom stereocenters. The molecule has 0 bridgehead atoms. The number of hydrogen-bond acceptors (Lipinski definition) is 6. The molecule has 84 valence electrons. The predicted molar refractivity (Wildman–Crippen MR) is 56.3 cm³/mol. The van der Waals surface area contributed by atoms with E-state index in [0.29, 0.717) is 16.8 Å². The maximum absolute atomic E-state index is 11.3. The van der Waals surface area contributed by atoms with Crippen LogP contribution in [0.1, 0.15) is 10.6 Å². The zero-order valence-corrected chi connectivity index (χ0v) is 8.81. The number of nitrogens with two attached hydrogens (primary N) is 1. The molecule has 16 heavy (non-hydrogen) atoms. The second-order valence-corrected chi connectivity index (χ2v) is 3.07. The Balaban J connectivity index is 2.65. The summed E-state index contributed by atoms with van der Waals surface area (Å²) in [5.41, 5.74) is 6.34. The average Bonchev–Trinajstić information content (AvgIpc) is 2.71. The molecule has 0 amide bonds. The van der Waals surface area contributed by atoms with E-state index < -0.39 is 5.97 Å². The minimum atomic E-state index is -0.571. The summed E-state index contributed by atoms with van der Waals surface area (Å²) in [6.45, 7) is 0. The molecular formula is C10H10N2O4. The van der Waals surface area contributed by atoms with Gasteiger partial charge in [0.05, 0.1) is 31.5 Å². The number of carbonyl (C=O) groups excluding carboxylic acids is 1. The van der Waals surface area contributed by atoms with Gasteiger partial charge in [-0.15, -0.1) is 0 Å². The Morgan fingerprint density at radius 3 is 2.88 bits per heavy atom. The van der Waals surface area contributed by atoms with Crippen molar-refractivity contribution < 1.29 is 18.7 Å². The highest BCUT2D eigenvalue weighted by Gasteiger charge is 2.17. The van der Waals surface area contributed by atoms with Crippen LogP contribution >= 0.6 is 0 Å². The van der Waals surface area contributed by atoms with Gasteiger partial charge in [-0.1, -0.05) is 0 Å². The molecule has 0 aliphatic rings. The summed E-state index contributed by atoms with van der Waals surface area (Å²) < 4.78 is 14.8. The molecule has 0 saturated carbocycles. The zero-order valence-electron chi connectivity index (χ0n) is 8.81. The van der Waals surface area contributed by atoms with Crippen LogP contribution in [0.2, 0.25) is 0 Å². The Kier molecular flexibility index (Phi) is 2.40. The maximum Gasteiger partial charge on any atom is 0.374 e. The molecular weight excluding hydrogens is 212 g/mol. The summed E-state index contributed by atoms with van der Waals surface area (Å²) in [6.07, 6.45) is 1.41. The lowest BCUT2D eigenvalue weighted by Gasteiger charge is -2.02. The lowest BCUT2D eigenvalue weighted by atomic mass is 10.2. The number of hydrogen-bond donors (Lipinski definition) is 1. The third-order valence-electron chi connectivity index (χ3n) is 2.13. The van der Waals surface area contributed by atoms with Crippen LogP contribution in [0.25, 0.3) is 11.1 Å². The Morgan fingerprint density at radius 1 is 1.50 bits per heavy atom. The number of furan rings is 1. The van der Waals surface area contributed by atoms with Crippen molar-refractivity contribution in [3.63, 3.8) is 0 Å².